The van der Waals surface area contributed by atoms with E-state index in [1.165, 1.54) is 0 Å². The van der Waals surface area contributed by atoms with Crippen molar-refractivity contribution in [2.75, 3.05) is 11.6 Å². The molecule has 0 aliphatic rings. The molecule has 2 aromatic carbocycles. The second kappa shape index (κ2) is 7.36. The van der Waals surface area contributed by atoms with Gasteiger partial charge in [-0.2, -0.15) is 0 Å². The highest BCUT2D eigenvalue weighted by atomic mass is 16.7. The van der Waals surface area contributed by atoms with Crippen LogP contribution in [0.1, 0.15) is 35.7 Å². The molecule has 5 heteroatoms. The van der Waals surface area contributed by atoms with E-state index in [4.69, 9.17) is 0 Å². The molecule has 0 radical (unpaired) electrons. The fraction of sp³-hybridized carbons (Fsp3) is 0.235. The molecule has 0 unspecified atom stereocenters. The molecule has 0 bridgehead atoms. The molecule has 0 N–H and O–H groups in total. The maximum absolute atomic E-state index is 12.4. The van der Waals surface area contributed by atoms with Crippen molar-refractivity contribution in [2.45, 2.75) is 19.8 Å². The van der Waals surface area contributed by atoms with Gasteiger partial charge in [0.05, 0.1) is 6.54 Å². The third-order valence-electron chi connectivity index (χ3n) is 3.36. The van der Waals surface area contributed by atoms with Gasteiger partial charge >= 0.3 is 0 Å². The molecule has 0 fully saturated rings. The Labute approximate surface area is 129 Å². The average Bonchev–Trinajstić information content (AvgIpc) is 2.55. The van der Waals surface area contributed by atoms with Gasteiger partial charge in [-0.25, -0.2) is 10.1 Å². The van der Waals surface area contributed by atoms with Gasteiger partial charge in [0, 0.05) is 11.1 Å². The fourth-order valence-corrected chi connectivity index (χ4v) is 2.18. The topological polar surface area (TPSA) is 63.5 Å². The molecule has 0 saturated carbocycles. The van der Waals surface area contributed by atoms with Crippen LogP contribution in [-0.2, 0) is 0 Å². The molecule has 0 amide bonds. The first-order chi connectivity index (χ1) is 10.6. The van der Waals surface area contributed by atoms with Crippen LogP contribution < -0.4 is 5.01 Å². The number of benzene rings is 2. The highest BCUT2D eigenvalue weighted by Gasteiger charge is 2.18. The number of hydrazine groups is 1. The monoisotopic (exact) mass is 298 g/mol. The summed E-state index contributed by atoms with van der Waals surface area (Å²) in [6, 6.07) is 15.5. The maximum Gasteiger partial charge on any atom is 0.193 e. The number of ketones is 1. The second-order valence-corrected chi connectivity index (χ2v) is 4.96. The van der Waals surface area contributed by atoms with Gasteiger partial charge in [0.2, 0.25) is 0 Å². The van der Waals surface area contributed by atoms with E-state index in [1.54, 1.807) is 48.5 Å². The lowest BCUT2D eigenvalue weighted by Gasteiger charge is -2.14. The number of anilines is 1. The number of nitro groups is 1. The van der Waals surface area contributed by atoms with E-state index in [0.717, 1.165) is 17.9 Å². The Morgan fingerprint density at radius 3 is 2.41 bits per heavy atom. The van der Waals surface area contributed by atoms with Crippen molar-refractivity contribution in [2.24, 2.45) is 0 Å². The van der Waals surface area contributed by atoms with Crippen LogP contribution in [0.15, 0.2) is 54.6 Å². The molecule has 2 rings (SSSR count). The lowest BCUT2D eigenvalue weighted by atomic mass is 10.0. The van der Waals surface area contributed by atoms with Crippen molar-refractivity contribution in [3.05, 3.63) is 75.8 Å². The number of carbonyl (C=O) groups is 1. The van der Waals surface area contributed by atoms with Crippen LogP contribution in [0.5, 0.6) is 0 Å². The third kappa shape index (κ3) is 3.69. The molecule has 0 heterocycles. The summed E-state index contributed by atoms with van der Waals surface area (Å²) in [5.41, 5.74) is 1.45. The summed E-state index contributed by atoms with van der Waals surface area (Å²) in [7, 11) is 0. The van der Waals surface area contributed by atoms with E-state index >= 15 is 0 Å². The van der Waals surface area contributed by atoms with Crippen LogP contribution in [0.4, 0.5) is 5.69 Å². The number of hydrogen-bond acceptors (Lipinski definition) is 3. The number of carbonyl (C=O) groups excluding carboxylic acids is 1. The summed E-state index contributed by atoms with van der Waals surface area (Å²) in [6.45, 7) is 2.31. The molecule has 2 aromatic rings. The summed E-state index contributed by atoms with van der Waals surface area (Å²) in [4.78, 5) is 23.6. The molecule has 0 atom stereocenters. The van der Waals surface area contributed by atoms with Gasteiger partial charge in [0.25, 0.3) is 0 Å². The average molecular weight is 298 g/mol. The first-order valence-corrected chi connectivity index (χ1v) is 7.25. The second-order valence-electron chi connectivity index (χ2n) is 4.96. The summed E-state index contributed by atoms with van der Waals surface area (Å²) < 4.78 is 0. The summed E-state index contributed by atoms with van der Waals surface area (Å²) >= 11 is 0. The lowest BCUT2D eigenvalue weighted by molar-refractivity contribution is -0.494. The minimum atomic E-state index is -0.429. The standard InChI is InChI=1S/C17H18N2O3/c1-2-3-12-18(19(21)22)16-11-7-10-15(13-16)17(20)14-8-5-4-6-9-14/h4-11,13H,2-3,12H2,1H3. The summed E-state index contributed by atoms with van der Waals surface area (Å²) in [5.74, 6) is -0.138. The Morgan fingerprint density at radius 2 is 1.77 bits per heavy atom. The van der Waals surface area contributed by atoms with Crippen LogP contribution in [0.25, 0.3) is 0 Å². The van der Waals surface area contributed by atoms with E-state index in [-0.39, 0.29) is 5.78 Å². The van der Waals surface area contributed by atoms with Gasteiger partial charge < -0.3 is 0 Å². The van der Waals surface area contributed by atoms with Crippen LogP contribution >= 0.6 is 0 Å². The first kappa shape index (κ1) is 15.7. The number of unbranched alkanes of at least 4 members (excludes halogenated alkanes) is 1. The molecule has 0 aliphatic carbocycles. The van der Waals surface area contributed by atoms with Crippen molar-refractivity contribution >= 4 is 11.5 Å². The first-order valence-electron chi connectivity index (χ1n) is 7.25. The highest BCUT2D eigenvalue weighted by molar-refractivity contribution is 6.09. The maximum atomic E-state index is 12.4. The van der Waals surface area contributed by atoms with Crippen LogP contribution in [-0.4, -0.2) is 17.4 Å². The summed E-state index contributed by atoms with van der Waals surface area (Å²) in [5, 5.41) is 11.9. The van der Waals surface area contributed by atoms with Gasteiger partial charge in [-0.3, -0.25) is 4.79 Å². The Hall–Kier alpha value is -2.69. The van der Waals surface area contributed by atoms with Crippen molar-refractivity contribution < 1.29 is 9.83 Å². The van der Waals surface area contributed by atoms with Crippen molar-refractivity contribution in [3.63, 3.8) is 0 Å². The van der Waals surface area contributed by atoms with Crippen molar-refractivity contribution in [1.82, 2.24) is 0 Å². The Bertz CT molecular complexity index is 656. The van der Waals surface area contributed by atoms with Gasteiger partial charge in [-0.15, -0.1) is 0 Å². The smallest absolute Gasteiger partial charge is 0.193 e. The van der Waals surface area contributed by atoms with E-state index in [1.807, 2.05) is 13.0 Å². The SMILES string of the molecule is CCCCN(c1cccc(C(=O)c2ccccc2)c1)[N+](=O)[O-]. The van der Waals surface area contributed by atoms with E-state index in [0.29, 0.717) is 23.4 Å². The van der Waals surface area contributed by atoms with Gasteiger partial charge in [-0.05, 0) is 18.6 Å². The molecule has 0 saturated heterocycles. The van der Waals surface area contributed by atoms with Gasteiger partial charge in [0.15, 0.2) is 10.8 Å². The fourth-order valence-electron chi connectivity index (χ4n) is 2.18. The largest absolute Gasteiger partial charge is 0.289 e. The predicted molar refractivity (Wildman–Crippen MR) is 85.6 cm³/mol. The Morgan fingerprint density at radius 1 is 1.09 bits per heavy atom. The number of nitrogens with zero attached hydrogens (tertiary/aromatic N) is 2. The molecule has 0 aromatic heterocycles. The molecule has 114 valence electrons. The predicted octanol–water partition coefficient (Wildman–Crippen LogP) is 3.72. The molecule has 22 heavy (non-hydrogen) atoms. The highest BCUT2D eigenvalue weighted by Crippen LogP contribution is 2.19. The zero-order chi connectivity index (χ0) is 15.9. The van der Waals surface area contributed by atoms with E-state index in [9.17, 15) is 14.9 Å². The zero-order valence-electron chi connectivity index (χ0n) is 12.4. The molecule has 5 nitrogen and oxygen atoms in total. The van der Waals surface area contributed by atoms with Crippen molar-refractivity contribution in [1.29, 1.82) is 0 Å². The summed E-state index contributed by atoms with van der Waals surface area (Å²) in [6.07, 6.45) is 1.59. The minimum Gasteiger partial charge on any atom is -0.289 e. The van der Waals surface area contributed by atoms with Gasteiger partial charge in [0.1, 0.15) is 5.69 Å². The Balaban J connectivity index is 2.29. The van der Waals surface area contributed by atoms with Crippen LogP contribution in [0.3, 0.4) is 0 Å². The van der Waals surface area contributed by atoms with E-state index in [2.05, 4.69) is 0 Å². The molecular formula is C17H18N2O3. The minimum absolute atomic E-state index is 0.138. The third-order valence-corrected chi connectivity index (χ3v) is 3.36. The Kier molecular flexibility index (Phi) is 5.25. The van der Waals surface area contributed by atoms with E-state index < -0.39 is 5.03 Å². The van der Waals surface area contributed by atoms with Gasteiger partial charge in [-0.1, -0.05) is 60.8 Å². The molecule has 0 aliphatic heterocycles. The van der Waals surface area contributed by atoms with Crippen LogP contribution in [0.2, 0.25) is 0 Å². The van der Waals surface area contributed by atoms with Crippen LogP contribution in [0, 0.1) is 10.1 Å². The number of rotatable bonds is 7. The molecular weight excluding hydrogens is 280 g/mol. The number of hydrogen-bond donors (Lipinski definition) is 0. The quantitative estimate of drug-likeness (QED) is 0.444. The molecule has 0 spiro atoms. The lowest BCUT2D eigenvalue weighted by Crippen LogP contribution is -2.30. The zero-order valence-corrected chi connectivity index (χ0v) is 12.4. The normalized spacial score (nSPS) is 10.2. The van der Waals surface area contributed by atoms with Crippen molar-refractivity contribution in [3.8, 4) is 0 Å².